The van der Waals surface area contributed by atoms with Crippen molar-refractivity contribution >= 4 is 17.5 Å². The molecule has 0 aliphatic heterocycles. The number of hydrogen-bond donors (Lipinski definition) is 3. The van der Waals surface area contributed by atoms with Crippen LogP contribution in [0.3, 0.4) is 0 Å². The number of ether oxygens (including phenoxy) is 1. The van der Waals surface area contributed by atoms with Crippen LogP contribution >= 0.6 is 0 Å². The average molecular weight is 226 g/mol. The normalized spacial score (nSPS) is 9.81. The molecule has 0 saturated carbocycles. The van der Waals surface area contributed by atoms with Crippen molar-refractivity contribution in [3.63, 3.8) is 0 Å². The first kappa shape index (κ1) is 12.0. The van der Waals surface area contributed by atoms with Gasteiger partial charge in [0.2, 0.25) is 5.88 Å². The Kier molecular flexibility index (Phi) is 4.31. The van der Waals surface area contributed by atoms with E-state index in [9.17, 15) is 4.79 Å². The van der Waals surface area contributed by atoms with Gasteiger partial charge in [-0.25, -0.2) is 4.98 Å². The lowest BCUT2D eigenvalue weighted by molar-refractivity contribution is -0.134. The summed E-state index contributed by atoms with van der Waals surface area (Å²) in [4.78, 5) is 18.0. The Hall–Kier alpha value is -2.05. The SMILES string of the molecule is CCCOc1ncnc(NCC(=O)O)c1N. The maximum absolute atomic E-state index is 10.4. The molecule has 1 aromatic heterocycles. The summed E-state index contributed by atoms with van der Waals surface area (Å²) in [6, 6.07) is 0. The van der Waals surface area contributed by atoms with Gasteiger partial charge < -0.3 is 20.9 Å². The number of carbonyl (C=O) groups is 1. The van der Waals surface area contributed by atoms with E-state index in [4.69, 9.17) is 15.6 Å². The van der Waals surface area contributed by atoms with Crippen LogP contribution in [0.4, 0.5) is 11.5 Å². The van der Waals surface area contributed by atoms with Gasteiger partial charge in [-0.2, -0.15) is 4.98 Å². The minimum Gasteiger partial charge on any atom is -0.480 e. The summed E-state index contributed by atoms with van der Waals surface area (Å²) in [7, 11) is 0. The highest BCUT2D eigenvalue weighted by molar-refractivity contribution is 5.75. The predicted molar refractivity (Wildman–Crippen MR) is 58.4 cm³/mol. The van der Waals surface area contributed by atoms with E-state index in [2.05, 4.69) is 15.3 Å². The first-order valence-corrected chi connectivity index (χ1v) is 4.84. The highest BCUT2D eigenvalue weighted by atomic mass is 16.5. The van der Waals surface area contributed by atoms with Crippen molar-refractivity contribution in [2.75, 3.05) is 24.2 Å². The van der Waals surface area contributed by atoms with Gasteiger partial charge in [-0.3, -0.25) is 4.79 Å². The number of aromatic nitrogens is 2. The number of carboxylic acids is 1. The molecule has 1 heterocycles. The number of nitrogen functional groups attached to an aromatic ring is 1. The van der Waals surface area contributed by atoms with Crippen molar-refractivity contribution < 1.29 is 14.6 Å². The Balaban J connectivity index is 2.73. The summed E-state index contributed by atoms with van der Waals surface area (Å²) in [5.74, 6) is -0.456. The molecule has 16 heavy (non-hydrogen) atoms. The third kappa shape index (κ3) is 3.26. The largest absolute Gasteiger partial charge is 0.480 e. The van der Waals surface area contributed by atoms with E-state index in [0.29, 0.717) is 6.61 Å². The van der Waals surface area contributed by atoms with E-state index in [1.165, 1.54) is 6.33 Å². The van der Waals surface area contributed by atoms with Crippen LogP contribution in [0.2, 0.25) is 0 Å². The lowest BCUT2D eigenvalue weighted by Crippen LogP contribution is -2.15. The fourth-order valence-electron chi connectivity index (χ4n) is 0.993. The number of hydrogen-bond acceptors (Lipinski definition) is 6. The van der Waals surface area contributed by atoms with Gasteiger partial charge in [0.05, 0.1) is 6.61 Å². The molecular formula is C9H14N4O3. The molecule has 0 saturated heterocycles. The van der Waals surface area contributed by atoms with Gasteiger partial charge in [0.1, 0.15) is 18.6 Å². The second kappa shape index (κ2) is 5.74. The van der Waals surface area contributed by atoms with Crippen LogP contribution in [0, 0.1) is 0 Å². The zero-order chi connectivity index (χ0) is 12.0. The number of anilines is 2. The zero-order valence-corrected chi connectivity index (χ0v) is 8.93. The van der Waals surface area contributed by atoms with Gasteiger partial charge in [0.25, 0.3) is 0 Å². The molecule has 0 fully saturated rings. The molecule has 7 nitrogen and oxygen atoms in total. The molecular weight excluding hydrogens is 212 g/mol. The number of carboxylic acid groups (broad SMARTS) is 1. The van der Waals surface area contributed by atoms with Crippen molar-refractivity contribution in [3.05, 3.63) is 6.33 Å². The van der Waals surface area contributed by atoms with E-state index in [0.717, 1.165) is 6.42 Å². The topological polar surface area (TPSA) is 110 Å². The molecule has 0 bridgehead atoms. The molecule has 0 spiro atoms. The van der Waals surface area contributed by atoms with Gasteiger partial charge in [-0.15, -0.1) is 0 Å². The maximum Gasteiger partial charge on any atom is 0.322 e. The van der Waals surface area contributed by atoms with Crippen molar-refractivity contribution in [1.29, 1.82) is 0 Å². The zero-order valence-electron chi connectivity index (χ0n) is 8.93. The van der Waals surface area contributed by atoms with Crippen molar-refractivity contribution in [2.45, 2.75) is 13.3 Å². The lowest BCUT2D eigenvalue weighted by Gasteiger charge is -2.10. The molecule has 4 N–H and O–H groups in total. The first-order chi connectivity index (χ1) is 7.65. The summed E-state index contributed by atoms with van der Waals surface area (Å²) in [5, 5.41) is 11.1. The molecule has 0 aromatic carbocycles. The van der Waals surface area contributed by atoms with Crippen LogP contribution in [-0.2, 0) is 4.79 Å². The molecule has 1 aromatic rings. The highest BCUT2D eigenvalue weighted by Gasteiger charge is 2.09. The Morgan fingerprint density at radius 2 is 2.38 bits per heavy atom. The molecule has 0 aliphatic carbocycles. The monoisotopic (exact) mass is 226 g/mol. The van der Waals surface area contributed by atoms with Gasteiger partial charge in [-0.1, -0.05) is 6.92 Å². The van der Waals surface area contributed by atoms with Crippen LogP contribution < -0.4 is 15.8 Å². The molecule has 7 heteroatoms. The first-order valence-electron chi connectivity index (χ1n) is 4.84. The minimum atomic E-state index is -0.992. The van der Waals surface area contributed by atoms with Crippen molar-refractivity contribution in [1.82, 2.24) is 9.97 Å². The summed E-state index contributed by atoms with van der Waals surface area (Å²) in [6.45, 7) is 2.20. The highest BCUT2D eigenvalue weighted by Crippen LogP contribution is 2.24. The smallest absolute Gasteiger partial charge is 0.322 e. The van der Waals surface area contributed by atoms with E-state index < -0.39 is 5.97 Å². The van der Waals surface area contributed by atoms with Crippen LogP contribution in [0.1, 0.15) is 13.3 Å². The Labute approximate surface area is 92.7 Å². The minimum absolute atomic E-state index is 0.220. The molecule has 0 unspecified atom stereocenters. The van der Waals surface area contributed by atoms with Gasteiger partial charge in [0.15, 0.2) is 5.82 Å². The van der Waals surface area contributed by atoms with E-state index >= 15 is 0 Å². The average Bonchev–Trinajstić information content (AvgIpc) is 2.26. The van der Waals surface area contributed by atoms with Crippen LogP contribution in [0.25, 0.3) is 0 Å². The number of nitrogens with two attached hydrogens (primary N) is 1. The Morgan fingerprint density at radius 1 is 1.62 bits per heavy atom. The number of nitrogens with one attached hydrogen (secondary N) is 1. The second-order valence-corrected chi connectivity index (χ2v) is 3.04. The van der Waals surface area contributed by atoms with Crippen LogP contribution in [0.5, 0.6) is 5.88 Å². The van der Waals surface area contributed by atoms with Gasteiger partial charge >= 0.3 is 5.97 Å². The molecule has 0 aliphatic rings. The second-order valence-electron chi connectivity index (χ2n) is 3.04. The number of aliphatic carboxylic acids is 1. The third-order valence-corrected chi connectivity index (χ3v) is 1.70. The maximum atomic E-state index is 10.4. The van der Waals surface area contributed by atoms with Gasteiger partial charge in [0, 0.05) is 0 Å². The summed E-state index contributed by atoms with van der Waals surface area (Å²) < 4.78 is 5.27. The number of rotatable bonds is 6. The van der Waals surface area contributed by atoms with E-state index in [1.807, 2.05) is 6.92 Å². The predicted octanol–water partition coefficient (Wildman–Crippen LogP) is 0.344. The Bertz CT molecular complexity index is 370. The molecule has 0 atom stereocenters. The molecule has 0 radical (unpaired) electrons. The van der Waals surface area contributed by atoms with Crippen LogP contribution in [-0.4, -0.2) is 34.2 Å². The molecule has 88 valence electrons. The van der Waals surface area contributed by atoms with E-state index in [-0.39, 0.29) is 23.9 Å². The molecule has 0 amide bonds. The summed E-state index contributed by atoms with van der Waals surface area (Å²) in [6.07, 6.45) is 2.10. The third-order valence-electron chi connectivity index (χ3n) is 1.70. The Morgan fingerprint density at radius 3 is 3.00 bits per heavy atom. The van der Waals surface area contributed by atoms with Crippen molar-refractivity contribution in [3.8, 4) is 5.88 Å². The quantitative estimate of drug-likeness (QED) is 0.641. The van der Waals surface area contributed by atoms with Crippen LogP contribution in [0.15, 0.2) is 6.33 Å². The van der Waals surface area contributed by atoms with E-state index in [1.54, 1.807) is 0 Å². The molecule has 1 rings (SSSR count). The fourth-order valence-corrected chi connectivity index (χ4v) is 0.993. The standard InChI is InChI=1S/C9H14N4O3/c1-2-3-16-9-7(10)8(12-5-13-9)11-4-6(14)15/h5H,2-4,10H2,1H3,(H,14,15)(H,11,12,13). The number of nitrogens with zero attached hydrogens (tertiary/aromatic N) is 2. The van der Waals surface area contributed by atoms with Crippen molar-refractivity contribution in [2.24, 2.45) is 0 Å². The summed E-state index contributed by atoms with van der Waals surface area (Å²) >= 11 is 0. The van der Waals surface area contributed by atoms with Gasteiger partial charge in [-0.05, 0) is 6.42 Å². The fraction of sp³-hybridized carbons (Fsp3) is 0.444. The lowest BCUT2D eigenvalue weighted by atomic mass is 10.4. The summed E-state index contributed by atoms with van der Waals surface area (Å²) in [5.41, 5.74) is 5.92.